The number of amides is 1. The predicted octanol–water partition coefficient (Wildman–Crippen LogP) is 3.69. The number of nitro groups is 1. The standard InChI is InChI=1S/C16H13FN2O3/c1-11-4-2-3-5-12(11)6-9-16(20)18-13-7-8-14(17)15(10-13)19(21)22/h2-10H,1H3,(H,18,20)/b9-6+. The number of carbonyl (C=O) groups excluding carboxylic acids is 1. The number of carbonyl (C=O) groups is 1. The van der Waals surface area contributed by atoms with Gasteiger partial charge in [0.15, 0.2) is 0 Å². The van der Waals surface area contributed by atoms with Crippen LogP contribution in [-0.2, 0) is 4.79 Å². The van der Waals surface area contributed by atoms with Crippen molar-refractivity contribution < 1.29 is 14.1 Å². The molecule has 0 saturated carbocycles. The Morgan fingerprint density at radius 3 is 2.68 bits per heavy atom. The van der Waals surface area contributed by atoms with E-state index in [0.717, 1.165) is 23.3 Å². The van der Waals surface area contributed by atoms with Gasteiger partial charge in [-0.2, -0.15) is 4.39 Å². The number of nitrogens with zero attached hydrogens (tertiary/aromatic N) is 1. The van der Waals surface area contributed by atoms with Crippen LogP contribution >= 0.6 is 0 Å². The summed E-state index contributed by atoms with van der Waals surface area (Å²) < 4.78 is 13.2. The van der Waals surface area contributed by atoms with E-state index < -0.39 is 22.3 Å². The van der Waals surface area contributed by atoms with Crippen LogP contribution in [0.3, 0.4) is 0 Å². The normalized spacial score (nSPS) is 10.6. The molecule has 2 aromatic rings. The Balaban J connectivity index is 2.11. The van der Waals surface area contributed by atoms with Crippen molar-refractivity contribution in [2.75, 3.05) is 5.32 Å². The molecule has 0 heterocycles. The second-order valence-electron chi connectivity index (χ2n) is 4.60. The highest BCUT2D eigenvalue weighted by Gasteiger charge is 2.14. The summed E-state index contributed by atoms with van der Waals surface area (Å²) in [6.45, 7) is 1.92. The molecule has 6 heteroatoms. The highest BCUT2D eigenvalue weighted by atomic mass is 19.1. The first-order valence-corrected chi connectivity index (χ1v) is 6.46. The quantitative estimate of drug-likeness (QED) is 0.531. The van der Waals surface area contributed by atoms with Crippen LogP contribution in [0.5, 0.6) is 0 Å². The third-order valence-electron chi connectivity index (χ3n) is 3.01. The molecule has 5 nitrogen and oxygen atoms in total. The van der Waals surface area contributed by atoms with Gasteiger partial charge in [-0.15, -0.1) is 0 Å². The highest BCUT2D eigenvalue weighted by molar-refractivity contribution is 6.02. The van der Waals surface area contributed by atoms with Gasteiger partial charge in [0.2, 0.25) is 11.7 Å². The Kier molecular flexibility index (Phi) is 4.63. The number of nitrogens with one attached hydrogen (secondary N) is 1. The number of aryl methyl sites for hydroxylation is 1. The summed E-state index contributed by atoms with van der Waals surface area (Å²) >= 11 is 0. The molecule has 0 aromatic heterocycles. The maximum Gasteiger partial charge on any atom is 0.306 e. The molecule has 0 unspecified atom stereocenters. The molecular formula is C16H13FN2O3. The summed E-state index contributed by atoms with van der Waals surface area (Å²) in [7, 11) is 0. The number of hydrogen-bond acceptors (Lipinski definition) is 3. The number of hydrogen-bond donors (Lipinski definition) is 1. The van der Waals surface area contributed by atoms with E-state index in [2.05, 4.69) is 5.32 Å². The maximum atomic E-state index is 13.2. The van der Waals surface area contributed by atoms with Crippen molar-refractivity contribution in [1.82, 2.24) is 0 Å². The molecule has 0 saturated heterocycles. The highest BCUT2D eigenvalue weighted by Crippen LogP contribution is 2.21. The van der Waals surface area contributed by atoms with Gasteiger partial charge in [-0.25, -0.2) is 0 Å². The lowest BCUT2D eigenvalue weighted by Crippen LogP contribution is -2.08. The first kappa shape index (κ1) is 15.4. The van der Waals surface area contributed by atoms with E-state index in [0.29, 0.717) is 0 Å². The molecule has 0 atom stereocenters. The van der Waals surface area contributed by atoms with Gasteiger partial charge < -0.3 is 5.32 Å². The van der Waals surface area contributed by atoms with Crippen LogP contribution in [0, 0.1) is 22.9 Å². The van der Waals surface area contributed by atoms with Crippen molar-refractivity contribution >= 4 is 23.4 Å². The van der Waals surface area contributed by atoms with Crippen molar-refractivity contribution in [2.45, 2.75) is 6.92 Å². The minimum Gasteiger partial charge on any atom is -0.322 e. The van der Waals surface area contributed by atoms with Crippen molar-refractivity contribution in [2.24, 2.45) is 0 Å². The largest absolute Gasteiger partial charge is 0.322 e. The van der Waals surface area contributed by atoms with E-state index in [1.807, 2.05) is 31.2 Å². The lowest BCUT2D eigenvalue weighted by atomic mass is 10.1. The van der Waals surface area contributed by atoms with E-state index in [1.54, 1.807) is 6.08 Å². The molecule has 0 aliphatic heterocycles. The van der Waals surface area contributed by atoms with Crippen LogP contribution in [0.2, 0.25) is 0 Å². The third-order valence-corrected chi connectivity index (χ3v) is 3.01. The molecule has 1 N–H and O–H groups in total. The molecule has 22 heavy (non-hydrogen) atoms. The molecule has 1 amide bonds. The SMILES string of the molecule is Cc1ccccc1/C=C/C(=O)Nc1ccc(F)c([N+](=O)[O-])c1. The van der Waals surface area contributed by atoms with Gasteiger partial charge in [-0.05, 0) is 36.3 Å². The number of halogens is 1. The fourth-order valence-corrected chi connectivity index (χ4v) is 1.85. The number of nitro benzene ring substituents is 1. The lowest BCUT2D eigenvalue weighted by Gasteiger charge is -2.03. The van der Waals surface area contributed by atoms with Crippen LogP contribution in [0.25, 0.3) is 6.08 Å². The molecule has 0 aliphatic carbocycles. The van der Waals surface area contributed by atoms with Gasteiger partial charge >= 0.3 is 5.69 Å². The lowest BCUT2D eigenvalue weighted by molar-refractivity contribution is -0.387. The van der Waals surface area contributed by atoms with E-state index >= 15 is 0 Å². The molecule has 0 spiro atoms. The number of anilines is 1. The molecule has 0 aliphatic rings. The molecule has 0 bridgehead atoms. The van der Waals surface area contributed by atoms with Gasteiger partial charge in [0.25, 0.3) is 0 Å². The number of benzene rings is 2. The summed E-state index contributed by atoms with van der Waals surface area (Å²) in [4.78, 5) is 21.6. The van der Waals surface area contributed by atoms with Crippen molar-refractivity contribution in [1.29, 1.82) is 0 Å². The Morgan fingerprint density at radius 1 is 1.27 bits per heavy atom. The molecule has 0 radical (unpaired) electrons. The molecule has 2 rings (SSSR count). The fourth-order valence-electron chi connectivity index (χ4n) is 1.85. The average molecular weight is 300 g/mol. The second-order valence-corrected chi connectivity index (χ2v) is 4.60. The van der Waals surface area contributed by atoms with Crippen molar-refractivity contribution in [3.63, 3.8) is 0 Å². The Hall–Kier alpha value is -3.02. The monoisotopic (exact) mass is 300 g/mol. The summed E-state index contributed by atoms with van der Waals surface area (Å²) in [6.07, 6.45) is 2.96. The van der Waals surface area contributed by atoms with Crippen LogP contribution < -0.4 is 5.32 Å². The van der Waals surface area contributed by atoms with Gasteiger partial charge in [0, 0.05) is 17.8 Å². The summed E-state index contributed by atoms with van der Waals surface area (Å²) in [5.41, 5.74) is 1.39. The molecule has 0 fully saturated rings. The van der Waals surface area contributed by atoms with Crippen molar-refractivity contribution in [3.05, 3.63) is 75.6 Å². The van der Waals surface area contributed by atoms with Crippen LogP contribution in [-0.4, -0.2) is 10.8 Å². The Labute approximate surface area is 126 Å². The van der Waals surface area contributed by atoms with Crippen LogP contribution in [0.1, 0.15) is 11.1 Å². The van der Waals surface area contributed by atoms with Crippen molar-refractivity contribution in [3.8, 4) is 0 Å². The smallest absolute Gasteiger partial charge is 0.306 e. The minimum absolute atomic E-state index is 0.160. The zero-order chi connectivity index (χ0) is 16.1. The first-order chi connectivity index (χ1) is 10.5. The topological polar surface area (TPSA) is 72.2 Å². The Bertz CT molecular complexity index is 757. The van der Waals surface area contributed by atoms with Gasteiger partial charge in [-0.3, -0.25) is 14.9 Å². The molecule has 2 aromatic carbocycles. The first-order valence-electron chi connectivity index (χ1n) is 6.46. The van der Waals surface area contributed by atoms with E-state index in [9.17, 15) is 19.3 Å². The minimum atomic E-state index is -0.946. The van der Waals surface area contributed by atoms with Gasteiger partial charge in [0.05, 0.1) is 4.92 Å². The molecular weight excluding hydrogens is 287 g/mol. The van der Waals surface area contributed by atoms with Gasteiger partial charge in [-0.1, -0.05) is 24.3 Å². The van der Waals surface area contributed by atoms with E-state index in [-0.39, 0.29) is 5.69 Å². The zero-order valence-electron chi connectivity index (χ0n) is 11.7. The fraction of sp³-hybridized carbons (Fsp3) is 0.0625. The van der Waals surface area contributed by atoms with Gasteiger partial charge in [0.1, 0.15) is 0 Å². The number of rotatable bonds is 4. The zero-order valence-corrected chi connectivity index (χ0v) is 11.7. The second kappa shape index (κ2) is 6.62. The molecule has 112 valence electrons. The summed E-state index contributed by atoms with van der Waals surface area (Å²) in [6, 6.07) is 10.7. The average Bonchev–Trinajstić information content (AvgIpc) is 2.48. The van der Waals surface area contributed by atoms with E-state index in [1.165, 1.54) is 12.1 Å². The Morgan fingerprint density at radius 2 is 2.00 bits per heavy atom. The third kappa shape index (κ3) is 3.76. The van der Waals surface area contributed by atoms with E-state index in [4.69, 9.17) is 0 Å². The summed E-state index contributed by atoms with van der Waals surface area (Å²) in [5, 5.41) is 13.1. The van der Waals surface area contributed by atoms with Crippen LogP contribution in [0.4, 0.5) is 15.8 Å². The van der Waals surface area contributed by atoms with Crippen LogP contribution in [0.15, 0.2) is 48.5 Å². The maximum absolute atomic E-state index is 13.2. The summed E-state index contributed by atoms with van der Waals surface area (Å²) in [5.74, 6) is -1.40. The predicted molar refractivity (Wildman–Crippen MR) is 81.9 cm³/mol.